The molecule has 2 heterocycles. The standard InChI is InChI=1S/C31H41NO5S2/c1-2-3-20-39(34,35)26-21-27(33)29-28(22-26)38-31(23-10-6-4-7-11-23)30(29)37-25-14-12-24(13-15-25)36-19-18-32-16-8-5-9-17-32/h12-15,21-23,33H,2-11,16-20H2,1H3. The molecule has 1 aliphatic carbocycles. The molecule has 2 aromatic carbocycles. The zero-order valence-corrected chi connectivity index (χ0v) is 24.6. The predicted molar refractivity (Wildman–Crippen MR) is 159 cm³/mol. The third-order valence-electron chi connectivity index (χ3n) is 8.00. The van der Waals surface area contributed by atoms with Gasteiger partial charge in [0.05, 0.1) is 20.9 Å². The van der Waals surface area contributed by atoms with E-state index in [-0.39, 0.29) is 16.4 Å². The van der Waals surface area contributed by atoms with Crippen molar-refractivity contribution in [2.24, 2.45) is 0 Å². The number of hydrogen-bond donors (Lipinski definition) is 1. The first-order valence-electron chi connectivity index (χ1n) is 14.6. The Bertz CT molecular complexity index is 1340. The molecule has 8 heteroatoms. The van der Waals surface area contributed by atoms with Gasteiger partial charge in [-0.2, -0.15) is 0 Å². The minimum Gasteiger partial charge on any atom is -0.507 e. The summed E-state index contributed by atoms with van der Waals surface area (Å²) < 4.78 is 39.1. The van der Waals surface area contributed by atoms with Gasteiger partial charge >= 0.3 is 0 Å². The van der Waals surface area contributed by atoms with Gasteiger partial charge in [0.25, 0.3) is 0 Å². The van der Waals surface area contributed by atoms with Crippen LogP contribution in [0.5, 0.6) is 23.0 Å². The van der Waals surface area contributed by atoms with Crippen LogP contribution in [0.15, 0.2) is 41.3 Å². The lowest BCUT2D eigenvalue weighted by atomic mass is 9.87. The molecule has 1 saturated heterocycles. The van der Waals surface area contributed by atoms with Crippen molar-refractivity contribution in [3.05, 3.63) is 41.3 Å². The number of benzene rings is 2. The van der Waals surface area contributed by atoms with E-state index in [9.17, 15) is 13.5 Å². The first-order chi connectivity index (χ1) is 18.9. The van der Waals surface area contributed by atoms with Crippen molar-refractivity contribution in [1.82, 2.24) is 4.90 Å². The molecule has 1 aliphatic heterocycles. The molecule has 1 saturated carbocycles. The molecular formula is C31H41NO5S2. The lowest BCUT2D eigenvalue weighted by Gasteiger charge is -2.26. The van der Waals surface area contributed by atoms with Gasteiger partial charge in [0, 0.05) is 11.2 Å². The Morgan fingerprint density at radius 1 is 0.974 bits per heavy atom. The van der Waals surface area contributed by atoms with Crippen molar-refractivity contribution in [2.75, 3.05) is 32.0 Å². The molecule has 0 unspecified atom stereocenters. The molecular weight excluding hydrogens is 530 g/mol. The molecule has 0 bridgehead atoms. The van der Waals surface area contributed by atoms with Gasteiger partial charge in [0.15, 0.2) is 15.6 Å². The van der Waals surface area contributed by atoms with Crippen LogP contribution in [0.3, 0.4) is 0 Å². The Labute approximate surface area is 236 Å². The highest BCUT2D eigenvalue weighted by atomic mass is 32.2. The Kier molecular flexibility index (Phi) is 9.36. The molecule has 3 aromatic rings. The average molecular weight is 572 g/mol. The highest BCUT2D eigenvalue weighted by Crippen LogP contribution is 2.51. The fourth-order valence-electron chi connectivity index (χ4n) is 5.74. The number of thiophene rings is 1. The summed E-state index contributed by atoms with van der Waals surface area (Å²) in [5, 5.41) is 11.7. The Morgan fingerprint density at radius 2 is 1.67 bits per heavy atom. The monoisotopic (exact) mass is 571 g/mol. The number of hydrogen-bond acceptors (Lipinski definition) is 7. The number of ether oxygens (including phenoxy) is 2. The SMILES string of the molecule is CCCCS(=O)(=O)c1cc(O)c2c(Oc3ccc(OCCN4CCCCC4)cc3)c(C3CCCCC3)sc2c1. The Hall–Kier alpha value is -2.29. The van der Waals surface area contributed by atoms with Crippen molar-refractivity contribution in [3.63, 3.8) is 0 Å². The smallest absolute Gasteiger partial charge is 0.178 e. The van der Waals surface area contributed by atoms with Crippen LogP contribution in [0.1, 0.15) is 81.9 Å². The van der Waals surface area contributed by atoms with Crippen LogP contribution in [0, 0.1) is 0 Å². The lowest BCUT2D eigenvalue weighted by molar-refractivity contribution is 0.183. The summed E-state index contributed by atoms with van der Waals surface area (Å²) in [6, 6.07) is 10.8. The number of sulfone groups is 1. The second-order valence-corrected chi connectivity index (χ2v) is 14.1. The molecule has 0 radical (unpaired) electrons. The van der Waals surface area contributed by atoms with Crippen molar-refractivity contribution in [3.8, 4) is 23.0 Å². The Balaban J connectivity index is 1.38. The van der Waals surface area contributed by atoms with Crippen LogP contribution in [0.4, 0.5) is 0 Å². The van der Waals surface area contributed by atoms with Crippen LogP contribution < -0.4 is 9.47 Å². The average Bonchev–Trinajstić information content (AvgIpc) is 3.32. The van der Waals surface area contributed by atoms with Crippen molar-refractivity contribution in [1.29, 1.82) is 0 Å². The molecule has 212 valence electrons. The third-order valence-corrected chi connectivity index (χ3v) is 11.1. The van der Waals surface area contributed by atoms with Crippen molar-refractivity contribution >= 4 is 31.3 Å². The first-order valence-corrected chi connectivity index (χ1v) is 17.1. The van der Waals surface area contributed by atoms with Gasteiger partial charge in [0.2, 0.25) is 0 Å². The number of nitrogens with zero attached hydrogens (tertiary/aromatic N) is 1. The van der Waals surface area contributed by atoms with Gasteiger partial charge in [-0.3, -0.25) is 4.90 Å². The fourth-order valence-corrected chi connectivity index (χ4v) is 8.67. The lowest BCUT2D eigenvalue weighted by Crippen LogP contribution is -2.33. The van der Waals surface area contributed by atoms with Gasteiger partial charge in [0.1, 0.15) is 23.9 Å². The molecule has 0 atom stereocenters. The van der Waals surface area contributed by atoms with Crippen LogP contribution in [-0.4, -0.2) is 50.4 Å². The van der Waals surface area contributed by atoms with E-state index in [4.69, 9.17) is 9.47 Å². The number of rotatable bonds is 11. The second kappa shape index (κ2) is 12.9. The molecule has 1 aromatic heterocycles. The summed E-state index contributed by atoms with van der Waals surface area (Å²) in [4.78, 5) is 3.75. The van der Waals surface area contributed by atoms with Gasteiger partial charge < -0.3 is 14.6 Å². The number of unbranched alkanes of at least 4 members (excludes halogenated alkanes) is 1. The number of phenols is 1. The summed E-state index contributed by atoms with van der Waals surface area (Å²) in [5.41, 5.74) is 0. The maximum absolute atomic E-state index is 12.9. The van der Waals surface area contributed by atoms with Crippen molar-refractivity contribution in [2.45, 2.75) is 81.9 Å². The molecule has 0 amide bonds. The maximum Gasteiger partial charge on any atom is 0.178 e. The van der Waals surface area contributed by atoms with E-state index >= 15 is 0 Å². The highest BCUT2D eigenvalue weighted by Gasteiger charge is 2.27. The van der Waals surface area contributed by atoms with E-state index in [0.29, 0.717) is 35.8 Å². The molecule has 6 nitrogen and oxygen atoms in total. The van der Waals surface area contributed by atoms with E-state index in [1.807, 2.05) is 31.2 Å². The molecule has 5 rings (SSSR count). The highest BCUT2D eigenvalue weighted by molar-refractivity contribution is 7.91. The van der Waals surface area contributed by atoms with E-state index in [0.717, 1.165) is 54.2 Å². The van der Waals surface area contributed by atoms with Gasteiger partial charge in [-0.05, 0) is 87.5 Å². The molecule has 0 spiro atoms. The first kappa shape index (κ1) is 28.2. The number of aromatic hydroxyl groups is 1. The molecule has 2 fully saturated rings. The fraction of sp³-hybridized carbons (Fsp3) is 0.548. The minimum atomic E-state index is -3.45. The predicted octanol–water partition coefficient (Wildman–Crippen LogP) is 7.89. The number of piperidine rings is 1. The largest absolute Gasteiger partial charge is 0.507 e. The second-order valence-electron chi connectivity index (χ2n) is 10.9. The third kappa shape index (κ3) is 6.90. The normalized spacial score (nSPS) is 17.5. The van der Waals surface area contributed by atoms with Crippen molar-refractivity contribution < 1.29 is 23.0 Å². The topological polar surface area (TPSA) is 76.1 Å². The summed E-state index contributed by atoms with van der Waals surface area (Å²) in [6.07, 6.45) is 11.0. The van der Waals surface area contributed by atoms with E-state index in [1.54, 1.807) is 17.4 Å². The van der Waals surface area contributed by atoms with E-state index in [1.165, 1.54) is 44.6 Å². The van der Waals surface area contributed by atoms with Gasteiger partial charge in [-0.15, -0.1) is 11.3 Å². The van der Waals surface area contributed by atoms with E-state index in [2.05, 4.69) is 4.90 Å². The van der Waals surface area contributed by atoms with Gasteiger partial charge in [-0.25, -0.2) is 8.42 Å². The van der Waals surface area contributed by atoms with E-state index < -0.39 is 9.84 Å². The summed E-state index contributed by atoms with van der Waals surface area (Å²) in [6.45, 7) is 5.90. The zero-order chi connectivity index (χ0) is 27.2. The van der Waals surface area contributed by atoms with Crippen LogP contribution >= 0.6 is 11.3 Å². The van der Waals surface area contributed by atoms with Gasteiger partial charge in [-0.1, -0.05) is 39.0 Å². The quantitative estimate of drug-likeness (QED) is 0.252. The Morgan fingerprint density at radius 3 is 2.38 bits per heavy atom. The molecule has 39 heavy (non-hydrogen) atoms. The molecule has 1 N–H and O–H groups in total. The summed E-state index contributed by atoms with van der Waals surface area (Å²) in [5.74, 6) is 2.55. The maximum atomic E-state index is 12.9. The van der Waals surface area contributed by atoms with Crippen LogP contribution in [-0.2, 0) is 9.84 Å². The van der Waals surface area contributed by atoms with Crippen LogP contribution in [0.2, 0.25) is 0 Å². The minimum absolute atomic E-state index is 0.0338. The summed E-state index contributed by atoms with van der Waals surface area (Å²) in [7, 11) is -3.45. The zero-order valence-electron chi connectivity index (χ0n) is 23.0. The van der Waals surface area contributed by atoms with Crippen LogP contribution in [0.25, 0.3) is 10.1 Å². The number of phenolic OH excluding ortho intramolecular Hbond substituents is 1. The number of fused-ring (bicyclic) bond motifs is 1. The summed E-state index contributed by atoms with van der Waals surface area (Å²) >= 11 is 1.57. The molecule has 2 aliphatic rings. The number of likely N-dealkylation sites (tertiary alicyclic amines) is 1.